The van der Waals surface area contributed by atoms with Gasteiger partial charge in [0.15, 0.2) is 5.16 Å². The van der Waals surface area contributed by atoms with E-state index >= 15 is 0 Å². The number of aromatic nitrogens is 3. The number of hydrogen-bond donors (Lipinski definition) is 2. The van der Waals surface area contributed by atoms with E-state index in [0.717, 1.165) is 18.8 Å². The minimum Gasteiger partial charge on any atom is -0.305 e. The standard InChI is InChI=1S/C19H21N5O2S2/c1-14(25)20-22-18(26)13-28-19-23-21-17(12-16-8-5-11-27-16)24(19)10-9-15-6-3-2-4-7-15/h2-8,11H,9-10,12-13H2,1H3,(H,20,25)(H,22,26). The maximum absolute atomic E-state index is 11.9. The number of carbonyl (C=O) groups is 2. The summed E-state index contributed by atoms with van der Waals surface area (Å²) >= 11 is 2.99. The number of nitrogens with zero attached hydrogens (tertiary/aromatic N) is 3. The van der Waals surface area contributed by atoms with E-state index in [1.807, 2.05) is 29.6 Å². The fourth-order valence-corrected chi connectivity index (χ4v) is 4.04. The lowest BCUT2D eigenvalue weighted by Crippen LogP contribution is -2.41. The Morgan fingerprint density at radius 2 is 1.93 bits per heavy atom. The smallest absolute Gasteiger partial charge is 0.248 e. The molecule has 3 aromatic rings. The summed E-state index contributed by atoms with van der Waals surface area (Å²) in [5, 5.41) is 11.4. The molecule has 0 radical (unpaired) electrons. The van der Waals surface area contributed by atoms with Crippen LogP contribution in [0.3, 0.4) is 0 Å². The highest BCUT2D eigenvalue weighted by Gasteiger charge is 2.15. The zero-order valence-electron chi connectivity index (χ0n) is 15.4. The number of hydrogen-bond acceptors (Lipinski definition) is 6. The van der Waals surface area contributed by atoms with Crippen molar-refractivity contribution in [2.24, 2.45) is 0 Å². The predicted molar refractivity (Wildman–Crippen MR) is 110 cm³/mol. The van der Waals surface area contributed by atoms with E-state index in [0.29, 0.717) is 11.6 Å². The Hall–Kier alpha value is -2.65. The van der Waals surface area contributed by atoms with Crippen LogP contribution in [0.15, 0.2) is 53.0 Å². The molecule has 9 heteroatoms. The number of benzene rings is 1. The number of amides is 2. The molecular formula is C19H21N5O2S2. The normalized spacial score (nSPS) is 10.6. The summed E-state index contributed by atoms with van der Waals surface area (Å²) in [6.07, 6.45) is 1.56. The zero-order valence-corrected chi connectivity index (χ0v) is 17.1. The lowest BCUT2D eigenvalue weighted by atomic mass is 10.1. The first-order valence-corrected chi connectivity index (χ1v) is 10.6. The second-order valence-corrected chi connectivity index (χ2v) is 8.03. The molecule has 2 N–H and O–H groups in total. The van der Waals surface area contributed by atoms with Gasteiger partial charge in [-0.15, -0.1) is 21.5 Å². The average Bonchev–Trinajstić information content (AvgIpc) is 3.34. The van der Waals surface area contributed by atoms with E-state index in [1.165, 1.54) is 29.1 Å². The zero-order chi connectivity index (χ0) is 19.8. The number of aryl methyl sites for hydroxylation is 1. The van der Waals surface area contributed by atoms with Crippen molar-refractivity contribution in [3.63, 3.8) is 0 Å². The van der Waals surface area contributed by atoms with Crippen molar-refractivity contribution in [2.45, 2.75) is 31.5 Å². The maximum Gasteiger partial charge on any atom is 0.248 e. The Kier molecular flexibility index (Phi) is 7.21. The quantitative estimate of drug-likeness (QED) is 0.436. The van der Waals surface area contributed by atoms with Gasteiger partial charge in [0.05, 0.1) is 5.75 Å². The van der Waals surface area contributed by atoms with Gasteiger partial charge in [-0.3, -0.25) is 20.4 Å². The van der Waals surface area contributed by atoms with Crippen LogP contribution in [0.25, 0.3) is 0 Å². The summed E-state index contributed by atoms with van der Waals surface area (Å²) in [6, 6.07) is 14.3. The Labute approximate surface area is 171 Å². The molecule has 146 valence electrons. The third-order valence-corrected chi connectivity index (χ3v) is 5.73. The van der Waals surface area contributed by atoms with Crippen LogP contribution in [0, 0.1) is 0 Å². The van der Waals surface area contributed by atoms with E-state index in [1.54, 1.807) is 11.3 Å². The summed E-state index contributed by atoms with van der Waals surface area (Å²) in [5.74, 6) is 0.409. The molecule has 0 aliphatic rings. The molecule has 0 saturated carbocycles. The van der Waals surface area contributed by atoms with Crippen molar-refractivity contribution in [1.29, 1.82) is 0 Å². The fraction of sp³-hybridized carbons (Fsp3) is 0.263. The minimum atomic E-state index is -0.317. The largest absolute Gasteiger partial charge is 0.305 e. The lowest BCUT2D eigenvalue weighted by Gasteiger charge is -2.10. The molecule has 0 unspecified atom stereocenters. The molecule has 0 fully saturated rings. The van der Waals surface area contributed by atoms with Gasteiger partial charge in [-0.05, 0) is 23.4 Å². The second-order valence-electron chi connectivity index (χ2n) is 6.06. The summed E-state index contributed by atoms with van der Waals surface area (Å²) in [7, 11) is 0. The number of thiophene rings is 1. The molecular weight excluding hydrogens is 394 g/mol. The third-order valence-electron chi connectivity index (χ3n) is 3.88. The number of rotatable bonds is 8. The van der Waals surface area contributed by atoms with Crippen molar-refractivity contribution in [1.82, 2.24) is 25.6 Å². The van der Waals surface area contributed by atoms with Crippen molar-refractivity contribution >= 4 is 34.9 Å². The fourth-order valence-electron chi connectivity index (χ4n) is 2.56. The van der Waals surface area contributed by atoms with Gasteiger partial charge in [-0.2, -0.15) is 0 Å². The van der Waals surface area contributed by atoms with Crippen molar-refractivity contribution in [3.05, 3.63) is 64.1 Å². The van der Waals surface area contributed by atoms with Gasteiger partial charge in [-0.1, -0.05) is 48.2 Å². The summed E-state index contributed by atoms with van der Waals surface area (Å²) in [5.41, 5.74) is 5.88. The van der Waals surface area contributed by atoms with Gasteiger partial charge >= 0.3 is 0 Å². The van der Waals surface area contributed by atoms with E-state index in [4.69, 9.17) is 0 Å². The van der Waals surface area contributed by atoms with Crippen molar-refractivity contribution in [3.8, 4) is 0 Å². The number of carbonyl (C=O) groups excluding carboxylic acids is 2. The number of thioether (sulfide) groups is 1. The first kappa shape index (κ1) is 20.1. The Bertz CT molecular complexity index is 910. The molecule has 0 saturated heterocycles. The highest BCUT2D eigenvalue weighted by molar-refractivity contribution is 7.99. The van der Waals surface area contributed by atoms with Gasteiger partial charge in [0.25, 0.3) is 0 Å². The van der Waals surface area contributed by atoms with Gasteiger partial charge in [0, 0.05) is 24.8 Å². The SMILES string of the molecule is CC(=O)NNC(=O)CSc1nnc(Cc2cccs2)n1CCc1ccccc1. The molecule has 28 heavy (non-hydrogen) atoms. The van der Waals surface area contributed by atoms with Crippen LogP contribution >= 0.6 is 23.1 Å². The van der Waals surface area contributed by atoms with Crippen LogP contribution in [-0.4, -0.2) is 32.3 Å². The summed E-state index contributed by atoms with van der Waals surface area (Å²) in [4.78, 5) is 24.0. The lowest BCUT2D eigenvalue weighted by molar-refractivity contribution is -0.126. The summed E-state index contributed by atoms with van der Waals surface area (Å²) < 4.78 is 2.07. The topological polar surface area (TPSA) is 88.9 Å². The van der Waals surface area contributed by atoms with Crippen LogP contribution in [-0.2, 0) is 29.0 Å². The van der Waals surface area contributed by atoms with E-state index in [2.05, 4.69) is 43.8 Å². The molecule has 0 atom stereocenters. The average molecular weight is 416 g/mol. The summed E-state index contributed by atoms with van der Waals surface area (Å²) in [6.45, 7) is 2.07. The molecule has 3 rings (SSSR count). The first-order chi connectivity index (χ1) is 13.6. The van der Waals surface area contributed by atoms with E-state index in [-0.39, 0.29) is 17.6 Å². The molecule has 2 amide bonds. The number of nitrogens with one attached hydrogen (secondary N) is 2. The molecule has 0 bridgehead atoms. The molecule has 0 aliphatic heterocycles. The van der Waals surface area contributed by atoms with Gasteiger partial charge in [0.2, 0.25) is 11.8 Å². The molecule has 0 aliphatic carbocycles. The maximum atomic E-state index is 11.9. The highest BCUT2D eigenvalue weighted by atomic mass is 32.2. The Morgan fingerprint density at radius 1 is 1.11 bits per heavy atom. The molecule has 1 aromatic carbocycles. The molecule has 7 nitrogen and oxygen atoms in total. The van der Waals surface area contributed by atoms with Crippen LogP contribution in [0.4, 0.5) is 0 Å². The van der Waals surface area contributed by atoms with Crippen LogP contribution < -0.4 is 10.9 Å². The van der Waals surface area contributed by atoms with Gasteiger partial charge in [-0.25, -0.2) is 0 Å². The predicted octanol–water partition coefficient (Wildman–Crippen LogP) is 2.43. The highest BCUT2D eigenvalue weighted by Crippen LogP contribution is 2.21. The van der Waals surface area contributed by atoms with E-state index in [9.17, 15) is 9.59 Å². The Morgan fingerprint density at radius 3 is 2.64 bits per heavy atom. The van der Waals surface area contributed by atoms with E-state index < -0.39 is 0 Å². The monoisotopic (exact) mass is 415 g/mol. The molecule has 2 aromatic heterocycles. The van der Waals surface area contributed by atoms with Gasteiger partial charge < -0.3 is 4.57 Å². The molecule has 0 spiro atoms. The van der Waals surface area contributed by atoms with Crippen LogP contribution in [0.2, 0.25) is 0 Å². The Balaban J connectivity index is 1.70. The third kappa shape index (κ3) is 5.93. The molecule has 2 heterocycles. The van der Waals surface area contributed by atoms with Gasteiger partial charge in [0.1, 0.15) is 5.82 Å². The van der Waals surface area contributed by atoms with Crippen molar-refractivity contribution < 1.29 is 9.59 Å². The van der Waals surface area contributed by atoms with Crippen LogP contribution in [0.5, 0.6) is 0 Å². The number of hydrazine groups is 1. The van der Waals surface area contributed by atoms with Crippen molar-refractivity contribution in [2.75, 3.05) is 5.75 Å². The first-order valence-electron chi connectivity index (χ1n) is 8.78. The minimum absolute atomic E-state index is 0.142. The van der Waals surface area contributed by atoms with Crippen LogP contribution in [0.1, 0.15) is 23.2 Å². The second kappa shape index (κ2) is 10.0.